The van der Waals surface area contributed by atoms with E-state index >= 15 is 0 Å². The largest absolute Gasteiger partial charge is 6.00 e. The maximum absolute atomic E-state index is 9.83. The zero-order valence-electron chi connectivity index (χ0n) is 13.0. The van der Waals surface area contributed by atoms with Crippen molar-refractivity contribution in [3.63, 3.8) is 0 Å². The Balaban J connectivity index is -0.0000000436. The molecule has 0 atom stereocenters. The predicted molar refractivity (Wildman–Crippen MR) is 69.3 cm³/mol. The molecule has 0 aliphatic heterocycles. The van der Waals surface area contributed by atoms with Crippen LogP contribution in [0.5, 0.6) is 0 Å². The van der Waals surface area contributed by atoms with Crippen molar-refractivity contribution in [3.8, 4) is 0 Å². The van der Waals surface area contributed by atoms with Crippen LogP contribution in [-0.2, 0) is 31.6 Å². The van der Waals surface area contributed by atoms with Gasteiger partial charge in [0.25, 0.3) is 15.3 Å². The third-order valence-corrected chi connectivity index (χ3v) is 0.967. The quantitative estimate of drug-likeness (QED) is 0.202. The van der Waals surface area contributed by atoms with Gasteiger partial charge < -0.3 is 84.2 Å². The van der Waals surface area contributed by atoms with E-state index in [4.69, 9.17) is 69.7 Å². The first-order valence-corrected chi connectivity index (χ1v) is 4.57. The Bertz CT molecular complexity index is 413. The van der Waals surface area contributed by atoms with Gasteiger partial charge >= 0.3 is 17.1 Å². The molecule has 0 amide bonds. The van der Waals surface area contributed by atoms with Crippen LogP contribution in [0.1, 0.15) is 0 Å². The van der Waals surface area contributed by atoms with Crippen molar-refractivity contribution in [1.29, 1.82) is 26.3 Å². The summed E-state index contributed by atoms with van der Waals surface area (Å²) in [5.41, 5.74) is 5.75. The number of rotatable bonds is 8. The van der Waals surface area contributed by atoms with Crippen molar-refractivity contribution in [1.82, 2.24) is 0 Å². The van der Waals surface area contributed by atoms with E-state index in [0.29, 0.717) is 0 Å². The first-order valence-electron chi connectivity index (χ1n) is 4.57. The number of hydrogen-bond acceptors (Lipinski definition) is 15. The summed E-state index contributed by atoms with van der Waals surface area (Å²) in [7, 11) is 0. The minimum Gasteiger partial charge on any atom is -0.577 e. The van der Waals surface area contributed by atoms with Crippen molar-refractivity contribution < 1.29 is 46.8 Å². The topological polar surface area (TPSA) is 315 Å². The van der Waals surface area contributed by atoms with Gasteiger partial charge in [-0.3, -0.25) is 0 Å². The standard InChI is InChI=1S/C3H5N3O9.5CN.Fe.NO/c7-4(8)13-1-3(15-6(11)12)2-14-5(9)10;5*1-2;;1-2/h3H,1-2H2;;;;;;;/q;5*-1;+6;-1. The molecule has 0 saturated heterocycles. The zero-order chi connectivity index (χ0) is 23.8. The monoisotopic (exact) mass is 443 g/mol. The second-order valence-corrected chi connectivity index (χ2v) is 1.99. The van der Waals surface area contributed by atoms with Gasteiger partial charge in [0.2, 0.25) is 0 Å². The first-order chi connectivity index (χ1) is 12.9. The number of hydrogen-bond donors (Lipinski definition) is 0. The van der Waals surface area contributed by atoms with Crippen LogP contribution < -0.4 is 0 Å². The third kappa shape index (κ3) is 102. The van der Waals surface area contributed by atoms with Crippen LogP contribution in [-0.4, -0.2) is 34.6 Å². The third-order valence-electron chi connectivity index (χ3n) is 0.967. The van der Waals surface area contributed by atoms with E-state index in [0.717, 1.165) is 0 Å². The van der Waals surface area contributed by atoms with Gasteiger partial charge in [-0.2, -0.15) is 0 Å². The maximum atomic E-state index is 9.83. The average molecular weight is 443 g/mol. The summed E-state index contributed by atoms with van der Waals surface area (Å²) in [6.07, 6.45) is -1.55. The molecular formula is C8H5FeN9O10. The summed E-state index contributed by atoms with van der Waals surface area (Å²) in [5, 5.41) is 56.8. The molecule has 19 nitrogen and oxygen atoms in total. The van der Waals surface area contributed by atoms with Gasteiger partial charge in [-0.25, -0.2) is 0 Å². The molecule has 28 heavy (non-hydrogen) atoms. The summed E-state index contributed by atoms with van der Waals surface area (Å²) < 4.78 is 0. The molecule has 0 aliphatic rings. The fraction of sp³-hybridized carbons (Fsp3) is 0.375. The Hall–Kier alpha value is -4.83. The van der Waals surface area contributed by atoms with E-state index < -0.39 is 34.6 Å². The van der Waals surface area contributed by atoms with Crippen molar-refractivity contribution >= 4 is 0 Å². The molecular weight excluding hydrogens is 438 g/mol. The zero-order valence-corrected chi connectivity index (χ0v) is 14.1. The molecule has 0 aliphatic carbocycles. The molecule has 20 heteroatoms. The van der Waals surface area contributed by atoms with Gasteiger partial charge in [0.15, 0.2) is 6.10 Å². The van der Waals surface area contributed by atoms with Crippen molar-refractivity contribution in [2.75, 3.05) is 13.2 Å². The molecule has 0 spiro atoms. The van der Waals surface area contributed by atoms with Gasteiger partial charge in [0, 0.05) is 0 Å². The van der Waals surface area contributed by atoms with Gasteiger partial charge in [-0.15, -0.1) is 30.3 Å². The second-order valence-electron chi connectivity index (χ2n) is 1.99. The minimum atomic E-state index is -1.55. The molecule has 0 unspecified atom stereocenters. The van der Waals surface area contributed by atoms with Crippen LogP contribution in [0.2, 0.25) is 0 Å². The van der Waals surface area contributed by atoms with Crippen LogP contribution in [0.15, 0.2) is 0 Å². The fourth-order valence-electron chi connectivity index (χ4n) is 0.519. The number of nitrogens with zero attached hydrogens (tertiary/aromatic N) is 9. The summed E-state index contributed by atoms with van der Waals surface area (Å²) in [5.74, 6) is 0. The Morgan fingerprint density at radius 1 is 0.679 bits per heavy atom. The van der Waals surface area contributed by atoms with Gasteiger partial charge in [-0.05, 0) is 0 Å². The van der Waals surface area contributed by atoms with Crippen molar-refractivity contribution in [3.05, 3.63) is 73.7 Å². The molecule has 0 aromatic carbocycles. The Kier molecular flexibility index (Phi) is 119. The van der Waals surface area contributed by atoms with E-state index in [9.17, 15) is 30.3 Å². The van der Waals surface area contributed by atoms with Crippen LogP contribution in [0.25, 0.3) is 5.59 Å². The van der Waals surface area contributed by atoms with E-state index in [1.807, 2.05) is 0 Å². The molecule has 150 valence electrons. The summed E-state index contributed by atoms with van der Waals surface area (Å²) >= 11 is 0. The minimum absolute atomic E-state index is 0. The average Bonchev–Trinajstić information content (AvgIpc) is 2.72. The molecule has 0 rings (SSSR count). The summed E-state index contributed by atoms with van der Waals surface area (Å²) in [6, 6.07) is 0. The van der Waals surface area contributed by atoms with Crippen LogP contribution in [0.4, 0.5) is 0 Å². The van der Waals surface area contributed by atoms with E-state index in [1.54, 1.807) is 0 Å². The molecule has 0 aromatic rings. The Labute approximate surface area is 167 Å². The van der Waals surface area contributed by atoms with Crippen LogP contribution in [0.3, 0.4) is 0 Å². The van der Waals surface area contributed by atoms with Crippen molar-refractivity contribution in [2.24, 2.45) is 0 Å². The summed E-state index contributed by atoms with van der Waals surface area (Å²) in [4.78, 5) is 47.8. The maximum Gasteiger partial charge on any atom is 6.00 e. The molecule has 0 bridgehead atoms. The predicted octanol–water partition coefficient (Wildman–Crippen LogP) is -0.219. The first kappa shape index (κ1) is 49.5. The molecule has 0 N–H and O–H groups in total. The SMILES string of the molecule is O=[N+]([O-])OCC(CO[N+](=O)[O-])O[N+](=O)[O-].[C-]#N.[C-]#N.[C-]#N.[C-]#N.[C-]#N.[Fe+6].[N-]=O. The van der Waals surface area contributed by atoms with Gasteiger partial charge in [0.1, 0.15) is 13.2 Å². The number of nitroso groups, excluding NO2 is 1. The van der Waals surface area contributed by atoms with E-state index in [2.05, 4.69) is 14.5 Å². The fourth-order valence-corrected chi connectivity index (χ4v) is 0.519. The molecule has 0 fully saturated rings. The second kappa shape index (κ2) is 67.1. The van der Waals surface area contributed by atoms with Gasteiger partial charge in [0.05, 0.1) is 0 Å². The molecule has 0 radical (unpaired) electrons. The normalized spacial score (nSPS) is 5.54. The smallest absolute Gasteiger partial charge is 0.577 e. The van der Waals surface area contributed by atoms with Gasteiger partial charge in [-0.1, -0.05) is 0 Å². The van der Waals surface area contributed by atoms with Crippen molar-refractivity contribution in [2.45, 2.75) is 6.10 Å². The molecule has 0 aromatic heterocycles. The van der Waals surface area contributed by atoms with E-state index in [-0.39, 0.29) is 17.1 Å². The Morgan fingerprint density at radius 3 is 1.04 bits per heavy atom. The molecule has 0 saturated carbocycles. The van der Waals surface area contributed by atoms with E-state index in [1.165, 1.54) is 0 Å². The molecule has 0 heterocycles. The Morgan fingerprint density at radius 2 is 0.893 bits per heavy atom. The van der Waals surface area contributed by atoms with Crippen LogP contribution >= 0.6 is 0 Å². The van der Waals surface area contributed by atoms with Crippen LogP contribution in [0, 0.1) is 94.4 Å². The summed E-state index contributed by atoms with van der Waals surface area (Å²) in [6.45, 7) is 22.1.